The lowest BCUT2D eigenvalue weighted by Crippen LogP contribution is -2.48. The van der Waals surface area contributed by atoms with Crippen molar-refractivity contribution in [2.24, 2.45) is 0 Å². The predicted octanol–water partition coefficient (Wildman–Crippen LogP) is 4.86. The molecular formula is C23H27F3N2O3. The maximum Gasteiger partial charge on any atom is 0.416 e. The molecule has 1 heterocycles. The number of anilines is 1. The standard InChI is InChI=1S/C23H27F3N2O3/c1-3-4-14-31-20-9-8-17(15-21(20)30-2)22(29)28-12-10-27(11-13-28)19-7-5-6-18(16-19)23(24,25)26/h5-9,15-16H,3-4,10-14H2,1-2H3. The van der Waals surface area contributed by atoms with Crippen LogP contribution in [0.1, 0.15) is 35.7 Å². The summed E-state index contributed by atoms with van der Waals surface area (Å²) in [6.07, 6.45) is -2.43. The van der Waals surface area contributed by atoms with Crippen molar-refractivity contribution in [3.8, 4) is 11.5 Å². The van der Waals surface area contributed by atoms with Gasteiger partial charge in [-0.25, -0.2) is 0 Å². The number of carbonyl (C=O) groups is 1. The molecule has 2 aromatic rings. The van der Waals surface area contributed by atoms with Crippen molar-refractivity contribution in [3.05, 3.63) is 53.6 Å². The molecule has 0 bridgehead atoms. The highest BCUT2D eigenvalue weighted by molar-refractivity contribution is 5.95. The molecule has 0 unspecified atom stereocenters. The van der Waals surface area contributed by atoms with E-state index in [-0.39, 0.29) is 5.91 Å². The molecule has 0 aliphatic carbocycles. The van der Waals surface area contributed by atoms with Crippen molar-refractivity contribution in [2.45, 2.75) is 25.9 Å². The van der Waals surface area contributed by atoms with E-state index >= 15 is 0 Å². The lowest BCUT2D eigenvalue weighted by Gasteiger charge is -2.36. The minimum Gasteiger partial charge on any atom is -0.493 e. The molecule has 0 radical (unpaired) electrons. The Labute approximate surface area is 180 Å². The molecule has 0 atom stereocenters. The lowest BCUT2D eigenvalue weighted by molar-refractivity contribution is -0.137. The van der Waals surface area contributed by atoms with Crippen molar-refractivity contribution in [1.29, 1.82) is 0 Å². The number of hydrogen-bond donors (Lipinski definition) is 0. The quantitative estimate of drug-likeness (QED) is 0.582. The van der Waals surface area contributed by atoms with E-state index in [4.69, 9.17) is 9.47 Å². The van der Waals surface area contributed by atoms with Gasteiger partial charge < -0.3 is 19.3 Å². The number of hydrogen-bond acceptors (Lipinski definition) is 4. The Hall–Kier alpha value is -2.90. The zero-order chi connectivity index (χ0) is 22.4. The number of rotatable bonds is 7. The third-order valence-corrected chi connectivity index (χ3v) is 5.27. The maximum absolute atomic E-state index is 13.0. The zero-order valence-corrected chi connectivity index (χ0v) is 17.7. The first-order valence-corrected chi connectivity index (χ1v) is 10.4. The van der Waals surface area contributed by atoms with Crippen LogP contribution in [0, 0.1) is 0 Å². The first-order valence-electron chi connectivity index (χ1n) is 10.4. The molecule has 3 rings (SSSR count). The number of ether oxygens (including phenoxy) is 2. The molecule has 1 aliphatic heterocycles. The first-order chi connectivity index (χ1) is 14.8. The molecular weight excluding hydrogens is 409 g/mol. The van der Waals surface area contributed by atoms with Crippen LogP contribution in [0.3, 0.4) is 0 Å². The number of piperazine rings is 1. The summed E-state index contributed by atoms with van der Waals surface area (Å²) in [6, 6.07) is 10.4. The van der Waals surface area contributed by atoms with E-state index in [1.165, 1.54) is 13.2 Å². The van der Waals surface area contributed by atoms with Gasteiger partial charge in [-0.1, -0.05) is 19.4 Å². The third-order valence-electron chi connectivity index (χ3n) is 5.27. The average Bonchev–Trinajstić information content (AvgIpc) is 2.78. The molecule has 168 valence electrons. The van der Waals surface area contributed by atoms with Crippen molar-refractivity contribution in [3.63, 3.8) is 0 Å². The van der Waals surface area contributed by atoms with Crippen molar-refractivity contribution >= 4 is 11.6 Å². The topological polar surface area (TPSA) is 42.0 Å². The summed E-state index contributed by atoms with van der Waals surface area (Å²) in [5.74, 6) is 0.966. The van der Waals surface area contributed by atoms with E-state index in [1.807, 2.05) is 4.90 Å². The van der Waals surface area contributed by atoms with Gasteiger partial charge in [0.15, 0.2) is 11.5 Å². The number of benzene rings is 2. The predicted molar refractivity (Wildman–Crippen MR) is 113 cm³/mol. The third kappa shape index (κ3) is 5.62. The van der Waals surface area contributed by atoms with Gasteiger partial charge in [0.25, 0.3) is 5.91 Å². The van der Waals surface area contributed by atoms with Crippen LogP contribution in [0.2, 0.25) is 0 Å². The number of methoxy groups -OCH3 is 1. The molecule has 1 aliphatic rings. The SMILES string of the molecule is CCCCOc1ccc(C(=O)N2CCN(c3cccc(C(F)(F)F)c3)CC2)cc1OC. The fourth-order valence-electron chi connectivity index (χ4n) is 3.48. The van der Waals surface area contributed by atoms with Crippen molar-refractivity contribution < 1.29 is 27.4 Å². The Morgan fingerprint density at radius 1 is 1.03 bits per heavy atom. The van der Waals surface area contributed by atoms with Crippen LogP contribution < -0.4 is 14.4 Å². The van der Waals surface area contributed by atoms with E-state index in [9.17, 15) is 18.0 Å². The Balaban J connectivity index is 1.64. The number of halogens is 3. The van der Waals surface area contributed by atoms with Gasteiger partial charge in [0.1, 0.15) is 0 Å². The summed E-state index contributed by atoms with van der Waals surface area (Å²) >= 11 is 0. The summed E-state index contributed by atoms with van der Waals surface area (Å²) in [7, 11) is 1.53. The van der Waals surface area contributed by atoms with Crippen LogP contribution in [-0.4, -0.2) is 50.7 Å². The highest BCUT2D eigenvalue weighted by Gasteiger charge is 2.31. The largest absolute Gasteiger partial charge is 0.493 e. The van der Waals surface area contributed by atoms with Gasteiger partial charge in [0.2, 0.25) is 0 Å². The van der Waals surface area contributed by atoms with Crippen LogP contribution in [0.15, 0.2) is 42.5 Å². The van der Waals surface area contributed by atoms with Gasteiger partial charge in [-0.05, 0) is 42.8 Å². The Morgan fingerprint density at radius 2 is 1.77 bits per heavy atom. The van der Waals surface area contributed by atoms with Crippen LogP contribution >= 0.6 is 0 Å². The molecule has 0 N–H and O–H groups in total. The molecule has 1 saturated heterocycles. The summed E-state index contributed by atoms with van der Waals surface area (Å²) in [6.45, 7) is 4.43. The minimum absolute atomic E-state index is 0.137. The van der Waals surface area contributed by atoms with Gasteiger partial charge in [-0.3, -0.25) is 4.79 Å². The van der Waals surface area contributed by atoms with Gasteiger partial charge in [-0.15, -0.1) is 0 Å². The Bertz CT molecular complexity index is 894. The molecule has 0 spiro atoms. The number of unbranched alkanes of at least 4 members (excludes halogenated alkanes) is 1. The highest BCUT2D eigenvalue weighted by atomic mass is 19.4. The van der Waals surface area contributed by atoms with Crippen LogP contribution in [0.4, 0.5) is 18.9 Å². The summed E-state index contributed by atoms with van der Waals surface area (Å²) in [4.78, 5) is 16.5. The second-order valence-electron chi connectivity index (χ2n) is 7.39. The maximum atomic E-state index is 13.0. The smallest absolute Gasteiger partial charge is 0.416 e. The van der Waals surface area contributed by atoms with E-state index in [1.54, 1.807) is 29.2 Å². The van der Waals surface area contributed by atoms with Crippen LogP contribution in [0.25, 0.3) is 0 Å². The number of nitrogens with zero attached hydrogens (tertiary/aromatic N) is 2. The Kier molecular flexibility index (Phi) is 7.30. The minimum atomic E-state index is -4.38. The number of carbonyl (C=O) groups excluding carboxylic acids is 1. The molecule has 0 aromatic heterocycles. The summed E-state index contributed by atoms with van der Waals surface area (Å²) < 4.78 is 50.0. The summed E-state index contributed by atoms with van der Waals surface area (Å²) in [5.41, 5.74) is 0.334. The van der Waals surface area contributed by atoms with Gasteiger partial charge in [0.05, 0.1) is 19.3 Å². The molecule has 8 heteroatoms. The highest BCUT2D eigenvalue weighted by Crippen LogP contribution is 2.32. The monoisotopic (exact) mass is 436 g/mol. The molecule has 1 fully saturated rings. The number of alkyl halides is 3. The van der Waals surface area contributed by atoms with Gasteiger partial charge in [-0.2, -0.15) is 13.2 Å². The summed E-state index contributed by atoms with van der Waals surface area (Å²) in [5, 5.41) is 0. The van der Waals surface area contributed by atoms with E-state index in [0.29, 0.717) is 55.5 Å². The number of amides is 1. The van der Waals surface area contributed by atoms with Crippen LogP contribution in [0.5, 0.6) is 11.5 Å². The van der Waals surface area contributed by atoms with Gasteiger partial charge >= 0.3 is 6.18 Å². The van der Waals surface area contributed by atoms with Crippen molar-refractivity contribution in [2.75, 3.05) is 44.8 Å². The molecule has 0 saturated carbocycles. The van der Waals surface area contributed by atoms with E-state index in [2.05, 4.69) is 6.92 Å². The van der Waals surface area contributed by atoms with Crippen LogP contribution in [-0.2, 0) is 6.18 Å². The molecule has 5 nitrogen and oxygen atoms in total. The van der Waals surface area contributed by atoms with Gasteiger partial charge in [0, 0.05) is 37.4 Å². The van der Waals surface area contributed by atoms with Crippen molar-refractivity contribution in [1.82, 2.24) is 4.90 Å². The van der Waals surface area contributed by atoms with E-state index < -0.39 is 11.7 Å². The second kappa shape index (κ2) is 9.94. The fraction of sp³-hybridized carbons (Fsp3) is 0.435. The lowest BCUT2D eigenvalue weighted by atomic mass is 10.1. The molecule has 31 heavy (non-hydrogen) atoms. The second-order valence-corrected chi connectivity index (χ2v) is 7.39. The normalized spacial score (nSPS) is 14.5. The zero-order valence-electron chi connectivity index (χ0n) is 17.7. The van der Waals surface area contributed by atoms with E-state index in [0.717, 1.165) is 25.0 Å². The fourth-order valence-corrected chi connectivity index (χ4v) is 3.48. The molecule has 2 aromatic carbocycles. The average molecular weight is 436 g/mol. The molecule has 1 amide bonds. The first kappa shape index (κ1) is 22.8. The Morgan fingerprint density at radius 3 is 2.42 bits per heavy atom.